The lowest BCUT2D eigenvalue weighted by Gasteiger charge is -2.25. The van der Waals surface area contributed by atoms with Gasteiger partial charge in [-0.15, -0.1) is 11.3 Å². The van der Waals surface area contributed by atoms with E-state index in [4.69, 9.17) is 4.42 Å². The predicted molar refractivity (Wildman–Crippen MR) is 184 cm³/mol. The molecule has 3 heteroatoms. The second kappa shape index (κ2) is 9.59. The molecule has 2 heterocycles. The summed E-state index contributed by atoms with van der Waals surface area (Å²) < 4.78 is 8.79. The van der Waals surface area contributed by atoms with Crippen LogP contribution in [0.3, 0.4) is 0 Å². The van der Waals surface area contributed by atoms with Crippen LogP contribution in [0.15, 0.2) is 156 Å². The summed E-state index contributed by atoms with van der Waals surface area (Å²) in [5.41, 5.74) is 7.64. The number of benzene rings is 7. The van der Waals surface area contributed by atoms with Crippen molar-refractivity contribution in [3.8, 4) is 11.1 Å². The van der Waals surface area contributed by atoms with Crippen LogP contribution in [0.4, 0.5) is 17.1 Å². The van der Waals surface area contributed by atoms with E-state index in [9.17, 15) is 0 Å². The SMILES string of the molecule is c1ccc(N(c2ccc(-c3ccc4cc5c(cc4c3)oc3ccccc35)cc2)c2ccc3c(c2)sc2ccccc23)cc1. The van der Waals surface area contributed by atoms with E-state index in [1.54, 1.807) is 0 Å². The average Bonchev–Trinajstić information content (AvgIpc) is 3.62. The third kappa shape index (κ3) is 4.01. The van der Waals surface area contributed by atoms with Crippen molar-refractivity contribution in [1.82, 2.24) is 0 Å². The Labute approximate surface area is 252 Å². The minimum atomic E-state index is 0.926. The number of rotatable bonds is 4. The van der Waals surface area contributed by atoms with Crippen LogP contribution in [-0.4, -0.2) is 0 Å². The van der Waals surface area contributed by atoms with E-state index < -0.39 is 0 Å². The van der Waals surface area contributed by atoms with Gasteiger partial charge >= 0.3 is 0 Å². The number of fused-ring (bicyclic) bond motifs is 7. The number of furan rings is 1. The Morgan fingerprint density at radius 3 is 1.98 bits per heavy atom. The molecule has 0 spiro atoms. The van der Waals surface area contributed by atoms with Crippen LogP contribution < -0.4 is 4.90 Å². The number of hydrogen-bond donors (Lipinski definition) is 0. The second-order valence-corrected chi connectivity index (χ2v) is 12.1. The Bertz CT molecular complexity index is 2450. The normalized spacial score (nSPS) is 11.7. The Balaban J connectivity index is 1.12. The molecule has 2 nitrogen and oxygen atoms in total. The van der Waals surface area contributed by atoms with Crippen LogP contribution >= 0.6 is 11.3 Å². The van der Waals surface area contributed by atoms with Crippen molar-refractivity contribution in [2.75, 3.05) is 4.90 Å². The molecular formula is C40H25NOS. The standard InChI is InChI=1S/C40H25NOS/c1-2-8-30(9-3-1)41(32-20-21-35-34-11-5-7-13-39(34)43-40(35)25-32)31-18-16-26(17-19-31)27-14-15-28-23-36-33-10-4-6-12-37(33)42-38(36)24-29(28)22-27/h1-25H. The minimum Gasteiger partial charge on any atom is -0.456 e. The summed E-state index contributed by atoms with van der Waals surface area (Å²) in [7, 11) is 0. The first-order valence-corrected chi connectivity index (χ1v) is 15.3. The summed E-state index contributed by atoms with van der Waals surface area (Å²) >= 11 is 1.85. The van der Waals surface area contributed by atoms with Gasteiger partial charge in [-0.1, -0.05) is 84.9 Å². The van der Waals surface area contributed by atoms with E-state index in [2.05, 4.69) is 144 Å². The van der Waals surface area contributed by atoms with Gasteiger partial charge in [0.15, 0.2) is 0 Å². The van der Waals surface area contributed by atoms with Gasteiger partial charge in [-0.05, 0) is 88.6 Å². The molecule has 202 valence electrons. The van der Waals surface area contributed by atoms with Gasteiger partial charge in [0.25, 0.3) is 0 Å². The second-order valence-electron chi connectivity index (χ2n) is 11.0. The zero-order valence-corrected chi connectivity index (χ0v) is 24.0. The maximum atomic E-state index is 6.17. The lowest BCUT2D eigenvalue weighted by atomic mass is 9.99. The Hall–Kier alpha value is -5.38. The third-order valence-electron chi connectivity index (χ3n) is 8.43. The molecule has 0 amide bonds. The molecule has 0 N–H and O–H groups in total. The Morgan fingerprint density at radius 1 is 0.395 bits per heavy atom. The fraction of sp³-hybridized carbons (Fsp3) is 0. The first-order valence-electron chi connectivity index (χ1n) is 14.5. The first-order chi connectivity index (χ1) is 21.3. The fourth-order valence-electron chi connectivity index (χ4n) is 6.33. The van der Waals surface area contributed by atoms with Crippen molar-refractivity contribution >= 4 is 81.3 Å². The van der Waals surface area contributed by atoms with Gasteiger partial charge in [-0.25, -0.2) is 0 Å². The highest BCUT2D eigenvalue weighted by Crippen LogP contribution is 2.41. The fourth-order valence-corrected chi connectivity index (χ4v) is 7.47. The van der Waals surface area contributed by atoms with Crippen LogP contribution in [0, 0.1) is 0 Å². The van der Waals surface area contributed by atoms with E-state index in [0.29, 0.717) is 0 Å². The number of thiophene rings is 1. The van der Waals surface area contributed by atoms with E-state index >= 15 is 0 Å². The van der Waals surface area contributed by atoms with E-state index in [-0.39, 0.29) is 0 Å². The van der Waals surface area contributed by atoms with Gasteiger partial charge in [-0.3, -0.25) is 0 Å². The maximum Gasteiger partial charge on any atom is 0.136 e. The van der Waals surface area contributed by atoms with Crippen LogP contribution in [0.1, 0.15) is 0 Å². The highest BCUT2D eigenvalue weighted by atomic mass is 32.1. The molecule has 7 aromatic carbocycles. The summed E-state index contributed by atoms with van der Waals surface area (Å²) in [5, 5.41) is 7.34. The number of para-hydroxylation sites is 2. The molecule has 0 aliphatic carbocycles. The monoisotopic (exact) mass is 567 g/mol. The molecule has 0 aliphatic heterocycles. The molecule has 0 bridgehead atoms. The van der Waals surface area contributed by atoms with Crippen molar-refractivity contribution in [1.29, 1.82) is 0 Å². The average molecular weight is 568 g/mol. The van der Waals surface area contributed by atoms with Gasteiger partial charge in [0, 0.05) is 48.0 Å². The van der Waals surface area contributed by atoms with E-state index in [1.807, 2.05) is 23.5 Å². The zero-order valence-electron chi connectivity index (χ0n) is 23.2. The predicted octanol–water partition coefficient (Wildman–Crippen LogP) is 12.2. The summed E-state index contributed by atoms with van der Waals surface area (Å²) in [6, 6.07) is 54.4. The van der Waals surface area contributed by atoms with Crippen molar-refractivity contribution in [2.24, 2.45) is 0 Å². The van der Waals surface area contributed by atoms with Crippen molar-refractivity contribution in [3.05, 3.63) is 152 Å². The molecule has 43 heavy (non-hydrogen) atoms. The number of hydrogen-bond acceptors (Lipinski definition) is 3. The van der Waals surface area contributed by atoms with Crippen molar-refractivity contribution in [2.45, 2.75) is 0 Å². The molecule has 9 rings (SSSR count). The molecular weight excluding hydrogens is 543 g/mol. The quantitative estimate of drug-likeness (QED) is 0.210. The molecule has 0 saturated heterocycles. The topological polar surface area (TPSA) is 16.4 Å². The van der Waals surface area contributed by atoms with Gasteiger partial charge in [0.1, 0.15) is 11.2 Å². The third-order valence-corrected chi connectivity index (χ3v) is 9.56. The van der Waals surface area contributed by atoms with Crippen LogP contribution in [-0.2, 0) is 0 Å². The molecule has 2 aromatic heterocycles. The Morgan fingerprint density at radius 2 is 1.09 bits per heavy atom. The summed E-state index contributed by atoms with van der Waals surface area (Å²) in [4.78, 5) is 2.34. The highest BCUT2D eigenvalue weighted by Gasteiger charge is 2.15. The molecule has 0 saturated carbocycles. The van der Waals surface area contributed by atoms with E-state index in [1.165, 1.54) is 42.1 Å². The summed E-state index contributed by atoms with van der Waals surface area (Å²) in [6.07, 6.45) is 0. The van der Waals surface area contributed by atoms with Crippen LogP contribution in [0.2, 0.25) is 0 Å². The van der Waals surface area contributed by atoms with Gasteiger partial charge in [0.2, 0.25) is 0 Å². The zero-order chi connectivity index (χ0) is 28.3. The smallest absolute Gasteiger partial charge is 0.136 e. The van der Waals surface area contributed by atoms with E-state index in [0.717, 1.165) is 39.0 Å². The largest absolute Gasteiger partial charge is 0.456 e. The lowest BCUT2D eigenvalue weighted by Crippen LogP contribution is -2.09. The first kappa shape index (κ1) is 24.2. The molecule has 0 aliphatic rings. The van der Waals surface area contributed by atoms with Gasteiger partial charge in [0.05, 0.1) is 0 Å². The molecule has 0 unspecified atom stereocenters. The molecule has 9 aromatic rings. The summed E-state index contributed by atoms with van der Waals surface area (Å²) in [5.74, 6) is 0. The summed E-state index contributed by atoms with van der Waals surface area (Å²) in [6.45, 7) is 0. The molecule has 0 atom stereocenters. The van der Waals surface area contributed by atoms with Gasteiger partial charge in [-0.2, -0.15) is 0 Å². The Kier molecular flexibility index (Phi) is 5.40. The minimum absolute atomic E-state index is 0.926. The highest BCUT2D eigenvalue weighted by molar-refractivity contribution is 7.25. The van der Waals surface area contributed by atoms with Crippen LogP contribution in [0.25, 0.3) is 64.0 Å². The molecule has 0 fully saturated rings. The number of nitrogens with zero attached hydrogens (tertiary/aromatic N) is 1. The van der Waals surface area contributed by atoms with Crippen molar-refractivity contribution in [3.63, 3.8) is 0 Å². The van der Waals surface area contributed by atoms with Gasteiger partial charge < -0.3 is 9.32 Å². The maximum absolute atomic E-state index is 6.17. The van der Waals surface area contributed by atoms with Crippen LogP contribution in [0.5, 0.6) is 0 Å². The lowest BCUT2D eigenvalue weighted by molar-refractivity contribution is 0.669. The molecule has 0 radical (unpaired) electrons. The number of anilines is 3. The van der Waals surface area contributed by atoms with Crippen molar-refractivity contribution < 1.29 is 4.42 Å².